The van der Waals surface area contributed by atoms with Gasteiger partial charge in [-0.1, -0.05) is 24.3 Å². The molecule has 128 valence electrons. The quantitative estimate of drug-likeness (QED) is 0.559. The highest BCUT2D eigenvalue weighted by molar-refractivity contribution is 6.20. The van der Waals surface area contributed by atoms with Crippen LogP contribution >= 0.6 is 11.6 Å². The summed E-state index contributed by atoms with van der Waals surface area (Å²) in [7, 11) is 0. The Morgan fingerprint density at radius 2 is 1.54 bits per heavy atom. The van der Waals surface area contributed by atoms with Gasteiger partial charge in [0.1, 0.15) is 30.8 Å². The van der Waals surface area contributed by atoms with Gasteiger partial charge in [-0.15, -0.1) is 11.6 Å². The molecule has 0 saturated carbocycles. The van der Waals surface area contributed by atoms with E-state index in [1.165, 1.54) is 11.1 Å². The molecule has 2 unspecified atom stereocenters. The van der Waals surface area contributed by atoms with Crippen LogP contribution in [0.15, 0.2) is 48.5 Å². The molecule has 2 atom stereocenters. The predicted octanol–water partition coefficient (Wildman–Crippen LogP) is 3.03. The van der Waals surface area contributed by atoms with Crippen molar-refractivity contribution < 1.29 is 19.3 Å². The molecule has 1 saturated heterocycles. The molecule has 0 bridgehead atoms. The van der Waals surface area contributed by atoms with Crippen molar-refractivity contribution >= 4 is 11.6 Å². The summed E-state index contributed by atoms with van der Waals surface area (Å²) in [4.78, 5) is 0. The molecule has 1 fully saturated rings. The molecule has 0 amide bonds. The maximum atomic E-state index is 8.88. The van der Waals surface area contributed by atoms with Crippen LogP contribution in [0.5, 0.6) is 11.5 Å². The van der Waals surface area contributed by atoms with Crippen molar-refractivity contribution in [2.45, 2.75) is 17.9 Å². The highest BCUT2D eigenvalue weighted by Gasteiger charge is 2.22. The first-order valence-electron chi connectivity index (χ1n) is 8.03. The second-order valence-corrected chi connectivity index (χ2v) is 6.44. The van der Waals surface area contributed by atoms with E-state index in [4.69, 9.17) is 30.9 Å². The van der Waals surface area contributed by atoms with Crippen LogP contribution in [0, 0.1) is 0 Å². The Morgan fingerprint density at radius 3 is 2.04 bits per heavy atom. The lowest BCUT2D eigenvalue weighted by molar-refractivity contribution is 0.238. The Kier molecular flexibility index (Phi) is 5.96. The van der Waals surface area contributed by atoms with Crippen LogP contribution in [0.2, 0.25) is 0 Å². The van der Waals surface area contributed by atoms with Crippen LogP contribution in [0.4, 0.5) is 0 Å². The highest BCUT2D eigenvalue weighted by Crippen LogP contribution is 2.19. The van der Waals surface area contributed by atoms with Crippen LogP contribution in [0.25, 0.3) is 0 Å². The Bertz CT molecular complexity index is 623. The normalized spacial score (nSPS) is 17.3. The van der Waals surface area contributed by atoms with Crippen LogP contribution in [0.3, 0.4) is 0 Å². The Labute approximate surface area is 146 Å². The third-order valence-corrected chi connectivity index (χ3v) is 3.99. The minimum atomic E-state index is -0.378. The zero-order valence-electron chi connectivity index (χ0n) is 13.4. The van der Waals surface area contributed by atoms with Gasteiger partial charge in [0, 0.05) is 0 Å². The number of rotatable bonds is 9. The first-order valence-corrected chi connectivity index (χ1v) is 8.46. The summed E-state index contributed by atoms with van der Waals surface area (Å²) in [5, 5.41) is 8.50. The van der Waals surface area contributed by atoms with Gasteiger partial charge in [-0.05, 0) is 41.8 Å². The van der Waals surface area contributed by atoms with Crippen molar-refractivity contribution in [1.82, 2.24) is 0 Å². The number of hydrogen-bond donors (Lipinski definition) is 1. The molecular weight excluding hydrogens is 328 g/mol. The molecular formula is C19H21ClO4. The summed E-state index contributed by atoms with van der Waals surface area (Å²) in [6.45, 7) is 1.64. The second-order valence-electron chi connectivity index (χ2n) is 5.82. The third-order valence-electron chi connectivity index (χ3n) is 3.72. The fraction of sp³-hybridized carbons (Fsp3) is 0.368. The number of epoxide rings is 1. The summed E-state index contributed by atoms with van der Waals surface area (Å²) in [6.07, 6.45) is 1.12. The molecule has 1 aliphatic rings. The van der Waals surface area contributed by atoms with Crippen molar-refractivity contribution in [1.29, 1.82) is 0 Å². The minimum Gasteiger partial charge on any atom is -0.492 e. The summed E-state index contributed by atoms with van der Waals surface area (Å²) in [5.41, 5.74) is 2.42. The number of aliphatic hydroxyl groups is 1. The zero-order chi connectivity index (χ0) is 16.8. The molecule has 0 spiro atoms. The van der Waals surface area contributed by atoms with E-state index in [-0.39, 0.29) is 18.1 Å². The van der Waals surface area contributed by atoms with E-state index in [2.05, 4.69) is 12.1 Å². The van der Waals surface area contributed by atoms with E-state index in [9.17, 15) is 0 Å². The van der Waals surface area contributed by atoms with Crippen LogP contribution < -0.4 is 9.47 Å². The average Bonchev–Trinajstić information content (AvgIpc) is 3.45. The summed E-state index contributed by atoms with van der Waals surface area (Å²) in [6, 6.07) is 16.0. The van der Waals surface area contributed by atoms with Gasteiger partial charge in [-0.25, -0.2) is 0 Å². The molecule has 1 heterocycles. The van der Waals surface area contributed by atoms with E-state index in [0.29, 0.717) is 13.2 Å². The Hall–Kier alpha value is -1.75. The first-order chi connectivity index (χ1) is 11.7. The largest absolute Gasteiger partial charge is 0.492 e. The number of alkyl halides is 1. The van der Waals surface area contributed by atoms with Gasteiger partial charge < -0.3 is 19.3 Å². The zero-order valence-corrected chi connectivity index (χ0v) is 14.1. The van der Waals surface area contributed by atoms with Crippen molar-refractivity contribution in [3.63, 3.8) is 0 Å². The third kappa shape index (κ3) is 5.41. The molecule has 2 aromatic carbocycles. The average molecular weight is 349 g/mol. The fourth-order valence-corrected chi connectivity index (χ4v) is 2.30. The maximum absolute atomic E-state index is 8.88. The number of halogens is 1. The van der Waals surface area contributed by atoms with E-state index in [1.54, 1.807) is 0 Å². The smallest absolute Gasteiger partial charge is 0.119 e. The Balaban J connectivity index is 1.49. The van der Waals surface area contributed by atoms with Gasteiger partial charge >= 0.3 is 0 Å². The van der Waals surface area contributed by atoms with Gasteiger partial charge in [0.05, 0.1) is 18.6 Å². The lowest BCUT2D eigenvalue weighted by Gasteiger charge is -2.10. The molecule has 0 aromatic heterocycles. The molecule has 3 rings (SSSR count). The number of benzene rings is 2. The maximum Gasteiger partial charge on any atom is 0.119 e. The molecule has 0 aliphatic carbocycles. The van der Waals surface area contributed by atoms with Gasteiger partial charge in [-0.3, -0.25) is 0 Å². The van der Waals surface area contributed by atoms with Crippen molar-refractivity contribution in [2.24, 2.45) is 0 Å². The molecule has 1 aliphatic heterocycles. The predicted molar refractivity (Wildman–Crippen MR) is 93.1 cm³/mol. The van der Waals surface area contributed by atoms with Crippen molar-refractivity contribution in [2.75, 3.05) is 26.4 Å². The monoisotopic (exact) mass is 348 g/mol. The van der Waals surface area contributed by atoms with Gasteiger partial charge in [0.15, 0.2) is 0 Å². The molecule has 0 radical (unpaired) electrons. The van der Waals surface area contributed by atoms with E-state index in [0.717, 1.165) is 24.5 Å². The van der Waals surface area contributed by atoms with Gasteiger partial charge in [0.25, 0.3) is 0 Å². The van der Waals surface area contributed by atoms with E-state index >= 15 is 0 Å². The van der Waals surface area contributed by atoms with Crippen LogP contribution in [-0.4, -0.2) is 43.0 Å². The summed E-state index contributed by atoms with van der Waals surface area (Å²) >= 11 is 5.82. The first kappa shape index (κ1) is 17.1. The number of hydrogen-bond acceptors (Lipinski definition) is 4. The SMILES string of the molecule is OCC(Cl)COc1ccc(Cc2ccc(OCC3CO3)cc2)cc1. The standard InChI is InChI=1S/C19H21ClO4/c20-16(10-21)11-22-17-5-1-14(2-6-17)9-15-3-7-18(8-4-15)23-12-19-13-24-19/h1-8,16,19,21H,9-13H2. The van der Waals surface area contributed by atoms with Crippen LogP contribution in [-0.2, 0) is 11.2 Å². The summed E-state index contributed by atoms with van der Waals surface area (Å²) < 4.78 is 16.3. The second kappa shape index (κ2) is 8.38. The van der Waals surface area contributed by atoms with Crippen molar-refractivity contribution in [3.8, 4) is 11.5 Å². The Morgan fingerprint density at radius 1 is 1.00 bits per heavy atom. The minimum absolute atomic E-state index is 0.0902. The van der Waals surface area contributed by atoms with Crippen LogP contribution in [0.1, 0.15) is 11.1 Å². The van der Waals surface area contributed by atoms with E-state index in [1.807, 2.05) is 36.4 Å². The highest BCUT2D eigenvalue weighted by atomic mass is 35.5. The fourth-order valence-electron chi connectivity index (χ4n) is 2.24. The molecule has 24 heavy (non-hydrogen) atoms. The van der Waals surface area contributed by atoms with Crippen molar-refractivity contribution in [3.05, 3.63) is 59.7 Å². The summed E-state index contributed by atoms with van der Waals surface area (Å²) in [5.74, 6) is 1.63. The van der Waals surface area contributed by atoms with Gasteiger partial charge in [0.2, 0.25) is 0 Å². The molecule has 2 aromatic rings. The van der Waals surface area contributed by atoms with E-state index < -0.39 is 0 Å². The van der Waals surface area contributed by atoms with Gasteiger partial charge in [-0.2, -0.15) is 0 Å². The molecule has 1 N–H and O–H groups in total. The molecule has 4 nitrogen and oxygen atoms in total. The number of ether oxygens (including phenoxy) is 3. The lowest BCUT2D eigenvalue weighted by Crippen LogP contribution is -2.15. The topological polar surface area (TPSA) is 51.2 Å². The number of aliphatic hydroxyl groups excluding tert-OH is 1. The lowest BCUT2D eigenvalue weighted by atomic mass is 10.0. The molecule has 5 heteroatoms.